The lowest BCUT2D eigenvalue weighted by atomic mass is 10.2. The maximum Gasteiger partial charge on any atom is 0.227 e. The molecule has 0 spiro atoms. The summed E-state index contributed by atoms with van der Waals surface area (Å²) < 4.78 is 10.2. The van der Waals surface area contributed by atoms with E-state index in [0.29, 0.717) is 5.89 Å². The number of aromatic nitrogens is 2. The van der Waals surface area contributed by atoms with Gasteiger partial charge >= 0.3 is 0 Å². The second kappa shape index (κ2) is 6.00. The highest BCUT2D eigenvalue weighted by Crippen LogP contribution is 2.16. The van der Waals surface area contributed by atoms with Gasteiger partial charge in [0.2, 0.25) is 5.89 Å². The molecule has 2 aromatic rings. The monoisotopic (exact) mass is 233 g/mol. The highest BCUT2D eigenvalue weighted by Gasteiger charge is 2.02. The third-order valence-electron chi connectivity index (χ3n) is 2.43. The smallest absolute Gasteiger partial charge is 0.227 e. The summed E-state index contributed by atoms with van der Waals surface area (Å²) in [5.74, 6) is 1.55. The van der Waals surface area contributed by atoms with Gasteiger partial charge in [-0.3, -0.25) is 0 Å². The molecule has 0 amide bonds. The molecule has 0 atom stereocenters. The van der Waals surface area contributed by atoms with Crippen molar-refractivity contribution in [3.05, 3.63) is 42.0 Å². The molecule has 0 fully saturated rings. The minimum atomic E-state index is 0.650. The summed E-state index contributed by atoms with van der Waals surface area (Å²) in [7, 11) is 1.68. The zero-order chi connectivity index (χ0) is 11.9. The van der Waals surface area contributed by atoms with E-state index in [1.54, 1.807) is 7.11 Å². The Balaban J connectivity index is 1.78. The van der Waals surface area contributed by atoms with Gasteiger partial charge in [-0.25, -0.2) is 0 Å². The van der Waals surface area contributed by atoms with E-state index >= 15 is 0 Å². The van der Waals surface area contributed by atoms with E-state index in [2.05, 4.69) is 15.5 Å². The SMILES string of the molecule is COc1ccccc1CNCCc1ncno1. The van der Waals surface area contributed by atoms with Crippen molar-refractivity contribution < 1.29 is 9.26 Å². The molecule has 0 radical (unpaired) electrons. The quantitative estimate of drug-likeness (QED) is 0.764. The number of para-hydroxylation sites is 1. The summed E-state index contributed by atoms with van der Waals surface area (Å²) in [6.07, 6.45) is 2.14. The average molecular weight is 233 g/mol. The summed E-state index contributed by atoms with van der Waals surface area (Å²) in [5.41, 5.74) is 1.14. The topological polar surface area (TPSA) is 60.2 Å². The van der Waals surface area contributed by atoms with Gasteiger partial charge in [-0.05, 0) is 6.07 Å². The van der Waals surface area contributed by atoms with Gasteiger partial charge < -0.3 is 14.6 Å². The third kappa shape index (κ3) is 3.29. The first-order valence-electron chi connectivity index (χ1n) is 5.48. The van der Waals surface area contributed by atoms with Crippen molar-refractivity contribution in [3.8, 4) is 5.75 Å². The lowest BCUT2D eigenvalue weighted by Gasteiger charge is -2.08. The van der Waals surface area contributed by atoms with Crippen LogP contribution < -0.4 is 10.1 Å². The molecule has 1 aromatic heterocycles. The van der Waals surface area contributed by atoms with Gasteiger partial charge in [-0.15, -0.1) is 0 Å². The minimum Gasteiger partial charge on any atom is -0.496 e. The zero-order valence-corrected chi connectivity index (χ0v) is 9.72. The largest absolute Gasteiger partial charge is 0.496 e. The summed E-state index contributed by atoms with van der Waals surface area (Å²) in [6.45, 7) is 1.55. The first kappa shape index (κ1) is 11.6. The Morgan fingerprint density at radius 3 is 3.00 bits per heavy atom. The Morgan fingerprint density at radius 1 is 1.35 bits per heavy atom. The van der Waals surface area contributed by atoms with Gasteiger partial charge in [0.05, 0.1) is 7.11 Å². The number of methoxy groups -OCH3 is 1. The number of nitrogens with one attached hydrogen (secondary N) is 1. The van der Waals surface area contributed by atoms with Crippen molar-refractivity contribution in [1.82, 2.24) is 15.5 Å². The van der Waals surface area contributed by atoms with E-state index in [9.17, 15) is 0 Å². The minimum absolute atomic E-state index is 0.650. The highest BCUT2D eigenvalue weighted by atomic mass is 16.5. The average Bonchev–Trinajstić information content (AvgIpc) is 2.88. The van der Waals surface area contributed by atoms with Crippen LogP contribution in [0.3, 0.4) is 0 Å². The van der Waals surface area contributed by atoms with Crippen molar-refractivity contribution in [2.75, 3.05) is 13.7 Å². The van der Waals surface area contributed by atoms with E-state index in [1.807, 2.05) is 24.3 Å². The molecule has 1 aromatic carbocycles. The van der Waals surface area contributed by atoms with E-state index < -0.39 is 0 Å². The standard InChI is InChI=1S/C12H15N3O2/c1-16-11-5-3-2-4-10(11)8-13-7-6-12-14-9-15-17-12/h2-5,9,13H,6-8H2,1H3. The molecule has 5 nitrogen and oxygen atoms in total. The van der Waals surface area contributed by atoms with Crippen LogP contribution in [-0.4, -0.2) is 23.8 Å². The van der Waals surface area contributed by atoms with Gasteiger partial charge in [-0.2, -0.15) is 4.98 Å². The molecule has 5 heteroatoms. The summed E-state index contributed by atoms with van der Waals surface area (Å²) in [6, 6.07) is 7.95. The van der Waals surface area contributed by atoms with Crippen LogP contribution in [0.25, 0.3) is 0 Å². The van der Waals surface area contributed by atoms with Crippen molar-refractivity contribution in [2.24, 2.45) is 0 Å². The van der Waals surface area contributed by atoms with Crippen LogP contribution in [0, 0.1) is 0 Å². The Bertz CT molecular complexity index is 443. The lowest BCUT2D eigenvalue weighted by Crippen LogP contribution is -2.17. The van der Waals surface area contributed by atoms with Crippen molar-refractivity contribution in [1.29, 1.82) is 0 Å². The fourth-order valence-corrected chi connectivity index (χ4v) is 1.57. The number of ether oxygens (including phenoxy) is 1. The summed E-state index contributed by atoms with van der Waals surface area (Å²) >= 11 is 0. The van der Waals surface area contributed by atoms with Crippen molar-refractivity contribution in [2.45, 2.75) is 13.0 Å². The van der Waals surface area contributed by atoms with Crippen molar-refractivity contribution in [3.63, 3.8) is 0 Å². The Morgan fingerprint density at radius 2 is 2.24 bits per heavy atom. The first-order chi connectivity index (χ1) is 8.40. The Kier molecular flexibility index (Phi) is 4.10. The van der Waals surface area contributed by atoms with E-state index in [1.165, 1.54) is 6.33 Å². The fourth-order valence-electron chi connectivity index (χ4n) is 1.57. The van der Waals surface area contributed by atoms with Crippen LogP contribution in [0.5, 0.6) is 5.75 Å². The van der Waals surface area contributed by atoms with Gasteiger partial charge in [-0.1, -0.05) is 23.4 Å². The molecule has 17 heavy (non-hydrogen) atoms. The molecule has 1 heterocycles. The fraction of sp³-hybridized carbons (Fsp3) is 0.333. The molecule has 0 aliphatic rings. The lowest BCUT2D eigenvalue weighted by molar-refractivity contribution is 0.374. The molecule has 0 aliphatic carbocycles. The van der Waals surface area contributed by atoms with Crippen LogP contribution in [0.4, 0.5) is 0 Å². The molecule has 90 valence electrons. The summed E-state index contributed by atoms with van der Waals surface area (Å²) in [5, 5.41) is 6.86. The second-order valence-corrected chi connectivity index (χ2v) is 3.57. The number of hydrogen-bond donors (Lipinski definition) is 1. The van der Waals surface area contributed by atoms with E-state index in [-0.39, 0.29) is 0 Å². The Hall–Kier alpha value is -1.88. The molecule has 0 aliphatic heterocycles. The molecular formula is C12H15N3O2. The number of benzene rings is 1. The normalized spacial score (nSPS) is 10.4. The molecule has 0 saturated carbocycles. The number of nitrogens with zero attached hydrogens (tertiary/aromatic N) is 2. The molecule has 1 N–H and O–H groups in total. The van der Waals surface area contributed by atoms with Crippen LogP contribution in [0.1, 0.15) is 11.5 Å². The maximum absolute atomic E-state index is 5.27. The first-order valence-corrected chi connectivity index (χ1v) is 5.48. The zero-order valence-electron chi connectivity index (χ0n) is 9.72. The van der Waals surface area contributed by atoms with Crippen molar-refractivity contribution >= 4 is 0 Å². The molecular weight excluding hydrogens is 218 g/mol. The predicted molar refractivity (Wildman–Crippen MR) is 62.7 cm³/mol. The molecule has 0 saturated heterocycles. The number of hydrogen-bond acceptors (Lipinski definition) is 5. The van der Waals surface area contributed by atoms with Gasteiger partial charge in [0.1, 0.15) is 5.75 Å². The van der Waals surface area contributed by atoms with Crippen LogP contribution in [-0.2, 0) is 13.0 Å². The van der Waals surface area contributed by atoms with Crippen LogP contribution in [0.2, 0.25) is 0 Å². The maximum atomic E-state index is 5.27. The van der Waals surface area contributed by atoms with Gasteiger partial charge in [0.15, 0.2) is 6.33 Å². The number of rotatable bonds is 6. The molecule has 0 bridgehead atoms. The van der Waals surface area contributed by atoms with Gasteiger partial charge in [0, 0.05) is 25.1 Å². The highest BCUT2D eigenvalue weighted by molar-refractivity contribution is 5.32. The van der Waals surface area contributed by atoms with Crippen LogP contribution >= 0.6 is 0 Å². The molecule has 0 unspecified atom stereocenters. The molecule has 2 rings (SSSR count). The summed E-state index contributed by atoms with van der Waals surface area (Å²) in [4.78, 5) is 3.95. The third-order valence-corrected chi connectivity index (χ3v) is 2.43. The van der Waals surface area contributed by atoms with E-state index in [4.69, 9.17) is 9.26 Å². The predicted octanol–water partition coefficient (Wildman–Crippen LogP) is 1.41. The second-order valence-electron chi connectivity index (χ2n) is 3.57. The van der Waals surface area contributed by atoms with Crippen LogP contribution in [0.15, 0.2) is 35.1 Å². The Labute approximate surface area is 99.8 Å². The van der Waals surface area contributed by atoms with Gasteiger partial charge in [0.25, 0.3) is 0 Å². The van der Waals surface area contributed by atoms with E-state index in [0.717, 1.165) is 30.8 Å².